The molecule has 0 aromatic carbocycles. The van der Waals surface area contributed by atoms with Crippen LogP contribution in [0.5, 0.6) is 0 Å². The number of amides is 3. The average Bonchev–Trinajstić information content (AvgIpc) is 2.64. The molecule has 0 bridgehead atoms. The number of nitrogens with zero attached hydrogens (tertiary/aromatic N) is 1. The second kappa shape index (κ2) is 5.91. The second-order valence-corrected chi connectivity index (χ2v) is 6.04. The third-order valence-electron chi connectivity index (χ3n) is 4.01. The van der Waals surface area contributed by atoms with Gasteiger partial charge in [0.1, 0.15) is 6.04 Å². The highest BCUT2D eigenvalue weighted by molar-refractivity contribution is 6.07. The van der Waals surface area contributed by atoms with Crippen molar-refractivity contribution >= 4 is 17.7 Å². The largest absolute Gasteiger partial charge is 0.344 e. The molecule has 0 aromatic rings. The number of nitrogens with one attached hydrogen (secondary N) is 2. The van der Waals surface area contributed by atoms with E-state index in [1.807, 2.05) is 6.92 Å². The minimum atomic E-state index is -0.678. The molecule has 20 heavy (non-hydrogen) atoms. The van der Waals surface area contributed by atoms with E-state index in [4.69, 9.17) is 0 Å². The maximum Gasteiger partial charge on any atom is 0.252 e. The molecular weight excluding hydrogens is 258 g/mol. The van der Waals surface area contributed by atoms with Gasteiger partial charge in [0.05, 0.1) is 6.42 Å². The number of piperidine rings is 1. The fourth-order valence-corrected chi connectivity index (χ4v) is 2.97. The fourth-order valence-electron chi connectivity index (χ4n) is 2.97. The van der Waals surface area contributed by atoms with Crippen molar-refractivity contribution < 1.29 is 14.4 Å². The standard InChI is InChI=1S/C14H23N3O3/c1-8(2)17-12(18)7-11(14(17)20)16-13(19)10-4-5-15-9(3)6-10/h8-11,15H,4-7H2,1-3H3,(H,16,19)/t9-,10-,11?/m0/s1. The van der Waals surface area contributed by atoms with Crippen LogP contribution in [-0.2, 0) is 14.4 Å². The Labute approximate surface area is 119 Å². The van der Waals surface area contributed by atoms with Crippen LogP contribution < -0.4 is 10.6 Å². The molecule has 2 saturated heterocycles. The number of likely N-dealkylation sites (tertiary alicyclic amines) is 1. The lowest BCUT2D eigenvalue weighted by atomic mass is 9.92. The van der Waals surface area contributed by atoms with Gasteiger partial charge in [0.2, 0.25) is 11.8 Å². The van der Waals surface area contributed by atoms with Gasteiger partial charge in [-0.2, -0.15) is 0 Å². The van der Waals surface area contributed by atoms with Gasteiger partial charge >= 0.3 is 0 Å². The summed E-state index contributed by atoms with van der Waals surface area (Å²) in [6.07, 6.45) is 1.64. The number of imide groups is 1. The predicted octanol–water partition coefficient (Wildman–Crippen LogP) is 0.0266. The van der Waals surface area contributed by atoms with Gasteiger partial charge < -0.3 is 10.6 Å². The molecule has 2 aliphatic heterocycles. The van der Waals surface area contributed by atoms with Gasteiger partial charge in [-0.15, -0.1) is 0 Å². The van der Waals surface area contributed by atoms with Gasteiger partial charge in [-0.05, 0) is 40.2 Å². The summed E-state index contributed by atoms with van der Waals surface area (Å²) in [5.74, 6) is -0.647. The molecule has 3 amide bonds. The van der Waals surface area contributed by atoms with Crippen LogP contribution in [-0.4, -0.2) is 47.3 Å². The molecular formula is C14H23N3O3. The Morgan fingerprint density at radius 3 is 2.65 bits per heavy atom. The predicted molar refractivity (Wildman–Crippen MR) is 73.7 cm³/mol. The van der Waals surface area contributed by atoms with Crippen LogP contribution in [0.15, 0.2) is 0 Å². The summed E-state index contributed by atoms with van der Waals surface area (Å²) < 4.78 is 0. The van der Waals surface area contributed by atoms with Gasteiger partial charge in [0.25, 0.3) is 5.91 Å². The molecule has 2 fully saturated rings. The molecule has 0 aliphatic carbocycles. The zero-order valence-corrected chi connectivity index (χ0v) is 12.3. The first-order valence-corrected chi connectivity index (χ1v) is 7.29. The molecule has 6 nitrogen and oxygen atoms in total. The van der Waals surface area contributed by atoms with E-state index in [2.05, 4.69) is 10.6 Å². The number of hydrogen-bond acceptors (Lipinski definition) is 4. The van der Waals surface area contributed by atoms with Crippen LogP contribution in [0.25, 0.3) is 0 Å². The van der Waals surface area contributed by atoms with Crippen LogP contribution in [0.3, 0.4) is 0 Å². The number of rotatable bonds is 3. The van der Waals surface area contributed by atoms with Crippen molar-refractivity contribution in [3.05, 3.63) is 0 Å². The first kappa shape index (κ1) is 15.0. The Hall–Kier alpha value is -1.43. The normalized spacial score (nSPS) is 31.0. The lowest BCUT2D eigenvalue weighted by Crippen LogP contribution is -2.48. The van der Waals surface area contributed by atoms with Gasteiger partial charge in [-0.1, -0.05) is 0 Å². The number of carbonyl (C=O) groups is 3. The zero-order chi connectivity index (χ0) is 14.9. The van der Waals surface area contributed by atoms with Crippen LogP contribution in [0, 0.1) is 5.92 Å². The Balaban J connectivity index is 1.95. The van der Waals surface area contributed by atoms with Crippen molar-refractivity contribution in [1.29, 1.82) is 0 Å². The molecule has 1 unspecified atom stereocenters. The highest BCUT2D eigenvalue weighted by Gasteiger charge is 2.41. The Morgan fingerprint density at radius 1 is 1.40 bits per heavy atom. The summed E-state index contributed by atoms with van der Waals surface area (Å²) in [7, 11) is 0. The van der Waals surface area contributed by atoms with E-state index in [0.29, 0.717) is 6.04 Å². The third kappa shape index (κ3) is 3.00. The van der Waals surface area contributed by atoms with Gasteiger partial charge in [-0.25, -0.2) is 0 Å². The summed E-state index contributed by atoms with van der Waals surface area (Å²) in [6.45, 7) is 6.46. The monoisotopic (exact) mass is 281 g/mol. The number of carbonyl (C=O) groups excluding carboxylic acids is 3. The van der Waals surface area contributed by atoms with Crippen molar-refractivity contribution in [2.75, 3.05) is 6.54 Å². The molecule has 2 rings (SSSR count). The molecule has 0 aromatic heterocycles. The second-order valence-electron chi connectivity index (χ2n) is 6.04. The highest BCUT2D eigenvalue weighted by Crippen LogP contribution is 2.19. The molecule has 2 N–H and O–H groups in total. The Kier molecular flexibility index (Phi) is 4.42. The number of hydrogen-bond donors (Lipinski definition) is 2. The minimum absolute atomic E-state index is 0.0674. The van der Waals surface area contributed by atoms with Crippen molar-refractivity contribution in [1.82, 2.24) is 15.5 Å². The molecule has 0 saturated carbocycles. The molecule has 2 heterocycles. The average molecular weight is 281 g/mol. The maximum absolute atomic E-state index is 12.2. The highest BCUT2D eigenvalue weighted by atomic mass is 16.2. The Bertz CT molecular complexity index is 422. The van der Waals surface area contributed by atoms with E-state index in [1.54, 1.807) is 13.8 Å². The van der Waals surface area contributed by atoms with E-state index in [-0.39, 0.29) is 36.1 Å². The van der Waals surface area contributed by atoms with Gasteiger partial charge in [0, 0.05) is 18.0 Å². The van der Waals surface area contributed by atoms with Gasteiger partial charge in [-0.3, -0.25) is 19.3 Å². The molecule has 112 valence electrons. The van der Waals surface area contributed by atoms with Crippen molar-refractivity contribution in [3.8, 4) is 0 Å². The van der Waals surface area contributed by atoms with Crippen molar-refractivity contribution in [2.24, 2.45) is 5.92 Å². The van der Waals surface area contributed by atoms with Crippen LogP contribution in [0.2, 0.25) is 0 Å². The lowest BCUT2D eigenvalue weighted by molar-refractivity contribution is -0.141. The first-order chi connectivity index (χ1) is 9.40. The van der Waals surface area contributed by atoms with E-state index < -0.39 is 6.04 Å². The van der Waals surface area contributed by atoms with E-state index >= 15 is 0 Å². The SMILES string of the molecule is CC(C)N1C(=O)CC(NC(=O)[C@H]2CCN[C@@H](C)C2)C1=O. The Morgan fingerprint density at radius 2 is 2.10 bits per heavy atom. The molecule has 0 spiro atoms. The maximum atomic E-state index is 12.2. The van der Waals surface area contributed by atoms with Crippen molar-refractivity contribution in [3.63, 3.8) is 0 Å². The van der Waals surface area contributed by atoms with E-state index in [1.165, 1.54) is 4.90 Å². The molecule has 0 radical (unpaired) electrons. The third-order valence-corrected chi connectivity index (χ3v) is 4.01. The van der Waals surface area contributed by atoms with E-state index in [9.17, 15) is 14.4 Å². The van der Waals surface area contributed by atoms with E-state index in [0.717, 1.165) is 19.4 Å². The van der Waals surface area contributed by atoms with Gasteiger partial charge in [0.15, 0.2) is 0 Å². The zero-order valence-electron chi connectivity index (χ0n) is 12.3. The van der Waals surface area contributed by atoms with Crippen LogP contribution in [0.4, 0.5) is 0 Å². The summed E-state index contributed by atoms with van der Waals surface area (Å²) in [5, 5.41) is 6.04. The summed E-state index contributed by atoms with van der Waals surface area (Å²) >= 11 is 0. The molecule has 3 atom stereocenters. The first-order valence-electron chi connectivity index (χ1n) is 7.29. The topological polar surface area (TPSA) is 78.5 Å². The molecule has 6 heteroatoms. The molecule has 2 aliphatic rings. The van der Waals surface area contributed by atoms with Crippen molar-refractivity contribution in [2.45, 2.75) is 58.2 Å². The summed E-state index contributed by atoms with van der Waals surface area (Å²) in [4.78, 5) is 37.4. The minimum Gasteiger partial charge on any atom is -0.344 e. The fraction of sp³-hybridized carbons (Fsp3) is 0.786. The quantitative estimate of drug-likeness (QED) is 0.715. The summed E-state index contributed by atoms with van der Waals surface area (Å²) in [5.41, 5.74) is 0. The van der Waals surface area contributed by atoms with Crippen LogP contribution >= 0.6 is 0 Å². The lowest BCUT2D eigenvalue weighted by Gasteiger charge is -2.28. The summed E-state index contributed by atoms with van der Waals surface area (Å²) in [6, 6.07) is -0.522. The van der Waals surface area contributed by atoms with Crippen LogP contribution in [0.1, 0.15) is 40.0 Å². The smallest absolute Gasteiger partial charge is 0.252 e.